The first-order valence-electron chi connectivity index (χ1n) is 5.28. The number of ether oxygens (including phenoxy) is 1. The highest BCUT2D eigenvalue weighted by Crippen LogP contribution is 2.27. The van der Waals surface area contributed by atoms with Crippen LogP contribution in [-0.2, 0) is 4.74 Å². The summed E-state index contributed by atoms with van der Waals surface area (Å²) in [6.45, 7) is 0. The molecule has 1 saturated carbocycles. The van der Waals surface area contributed by atoms with E-state index >= 15 is 0 Å². The Balaban J connectivity index is 2.11. The third kappa shape index (κ3) is 2.36. The highest BCUT2D eigenvalue weighted by atomic mass is 35.5. The van der Waals surface area contributed by atoms with E-state index in [4.69, 9.17) is 22.1 Å². The molecule has 0 aromatic carbocycles. The number of nitrogen functional groups attached to an aromatic ring is 1. The van der Waals surface area contributed by atoms with Crippen LogP contribution < -0.4 is 11.1 Å². The maximum Gasteiger partial charge on any atom is 0.222 e. The van der Waals surface area contributed by atoms with Crippen molar-refractivity contribution in [2.45, 2.75) is 31.4 Å². The molecule has 2 unspecified atom stereocenters. The molecule has 0 spiro atoms. The van der Waals surface area contributed by atoms with E-state index in [9.17, 15) is 0 Å². The van der Waals surface area contributed by atoms with Crippen LogP contribution in [0.4, 0.5) is 11.8 Å². The molecule has 2 atom stereocenters. The summed E-state index contributed by atoms with van der Waals surface area (Å²) in [5.74, 6) is 0.807. The number of nitrogens with two attached hydrogens (primary N) is 1. The first kappa shape index (κ1) is 11.4. The summed E-state index contributed by atoms with van der Waals surface area (Å²) in [5, 5.41) is 3.75. The van der Waals surface area contributed by atoms with Crippen molar-refractivity contribution in [1.82, 2.24) is 9.97 Å². The molecular weight excluding hydrogens is 228 g/mol. The van der Waals surface area contributed by atoms with Crippen LogP contribution in [0.1, 0.15) is 19.3 Å². The summed E-state index contributed by atoms with van der Waals surface area (Å²) < 4.78 is 5.39. The summed E-state index contributed by atoms with van der Waals surface area (Å²) in [4.78, 5) is 7.89. The molecule has 1 aromatic rings. The maximum absolute atomic E-state index is 5.98. The first-order chi connectivity index (χ1) is 7.70. The molecular formula is C10H15ClN4O. The lowest BCUT2D eigenvalue weighted by Gasteiger charge is -2.20. The zero-order valence-electron chi connectivity index (χ0n) is 9.11. The zero-order chi connectivity index (χ0) is 11.5. The number of anilines is 2. The number of hydrogen-bond acceptors (Lipinski definition) is 5. The summed E-state index contributed by atoms with van der Waals surface area (Å²) in [6, 6.07) is 0.247. The molecule has 5 nitrogen and oxygen atoms in total. The summed E-state index contributed by atoms with van der Waals surface area (Å²) in [5.41, 5.74) is 5.52. The van der Waals surface area contributed by atoms with Crippen molar-refractivity contribution in [1.29, 1.82) is 0 Å². The van der Waals surface area contributed by atoms with Crippen molar-refractivity contribution >= 4 is 23.4 Å². The number of methoxy groups -OCH3 is 1. The van der Waals surface area contributed by atoms with Gasteiger partial charge in [-0.25, -0.2) is 4.98 Å². The molecule has 88 valence electrons. The highest BCUT2D eigenvalue weighted by molar-refractivity contribution is 6.32. The third-order valence-electron chi connectivity index (χ3n) is 2.84. The quantitative estimate of drug-likeness (QED) is 0.844. The largest absolute Gasteiger partial charge is 0.379 e. The monoisotopic (exact) mass is 242 g/mol. The second kappa shape index (κ2) is 4.84. The minimum absolute atomic E-state index is 0.215. The van der Waals surface area contributed by atoms with E-state index in [2.05, 4.69) is 15.3 Å². The van der Waals surface area contributed by atoms with Gasteiger partial charge in [-0.2, -0.15) is 4.98 Å². The summed E-state index contributed by atoms with van der Waals surface area (Å²) in [7, 11) is 1.72. The Morgan fingerprint density at radius 1 is 1.56 bits per heavy atom. The third-order valence-corrected chi connectivity index (χ3v) is 3.12. The molecule has 6 heteroatoms. The number of hydrogen-bond donors (Lipinski definition) is 2. The highest BCUT2D eigenvalue weighted by Gasteiger charge is 2.27. The van der Waals surface area contributed by atoms with Crippen molar-refractivity contribution < 1.29 is 4.74 Å². The van der Waals surface area contributed by atoms with Crippen molar-refractivity contribution in [3.05, 3.63) is 11.2 Å². The van der Waals surface area contributed by atoms with Crippen LogP contribution in [0, 0.1) is 0 Å². The van der Waals surface area contributed by atoms with Gasteiger partial charge in [0.25, 0.3) is 0 Å². The molecule has 0 bridgehead atoms. The molecule has 1 aromatic heterocycles. The predicted octanol–water partition coefficient (Wildman–Crippen LogP) is 1.69. The van der Waals surface area contributed by atoms with E-state index in [1.54, 1.807) is 7.11 Å². The van der Waals surface area contributed by atoms with E-state index in [0.717, 1.165) is 19.3 Å². The molecule has 1 fully saturated rings. The van der Waals surface area contributed by atoms with Gasteiger partial charge < -0.3 is 15.8 Å². The molecule has 1 aliphatic rings. The Morgan fingerprint density at radius 2 is 2.38 bits per heavy atom. The van der Waals surface area contributed by atoms with Crippen molar-refractivity contribution in [2.75, 3.05) is 18.2 Å². The number of nitrogens with one attached hydrogen (secondary N) is 1. The molecule has 0 amide bonds. The van der Waals surface area contributed by atoms with Gasteiger partial charge in [-0.3, -0.25) is 0 Å². The van der Waals surface area contributed by atoms with Crippen LogP contribution in [0.5, 0.6) is 0 Å². The van der Waals surface area contributed by atoms with Gasteiger partial charge in [-0.15, -0.1) is 0 Å². The van der Waals surface area contributed by atoms with Gasteiger partial charge >= 0.3 is 0 Å². The molecule has 0 radical (unpaired) electrons. The van der Waals surface area contributed by atoms with E-state index in [1.165, 1.54) is 6.20 Å². The minimum atomic E-state index is 0.215. The van der Waals surface area contributed by atoms with Crippen LogP contribution in [0.3, 0.4) is 0 Å². The smallest absolute Gasteiger partial charge is 0.222 e. The van der Waals surface area contributed by atoms with Crippen LogP contribution in [0.2, 0.25) is 5.02 Å². The van der Waals surface area contributed by atoms with Crippen molar-refractivity contribution in [3.8, 4) is 0 Å². The van der Waals surface area contributed by atoms with Gasteiger partial charge in [-0.1, -0.05) is 11.6 Å². The number of halogens is 1. The van der Waals surface area contributed by atoms with Crippen LogP contribution in [0.25, 0.3) is 0 Å². The topological polar surface area (TPSA) is 73.1 Å². The van der Waals surface area contributed by atoms with Crippen LogP contribution >= 0.6 is 11.6 Å². The van der Waals surface area contributed by atoms with Gasteiger partial charge in [0.1, 0.15) is 5.02 Å². The molecule has 2 rings (SSSR count). The number of aromatic nitrogens is 2. The van der Waals surface area contributed by atoms with Crippen LogP contribution in [0.15, 0.2) is 6.20 Å². The van der Waals surface area contributed by atoms with Crippen LogP contribution in [-0.4, -0.2) is 29.2 Å². The molecule has 3 N–H and O–H groups in total. The Labute approximate surface area is 99.4 Å². The summed E-state index contributed by atoms with van der Waals surface area (Å²) >= 11 is 5.98. The van der Waals surface area contributed by atoms with Crippen molar-refractivity contribution in [2.24, 2.45) is 0 Å². The zero-order valence-corrected chi connectivity index (χ0v) is 9.87. The normalized spacial score (nSPS) is 24.6. The van der Waals surface area contributed by atoms with Gasteiger partial charge in [0.15, 0.2) is 5.82 Å². The van der Waals surface area contributed by atoms with E-state index in [1.807, 2.05) is 0 Å². The fourth-order valence-corrected chi connectivity index (χ4v) is 2.18. The molecule has 0 saturated heterocycles. The number of nitrogens with zero attached hydrogens (tertiary/aromatic N) is 2. The predicted molar refractivity (Wildman–Crippen MR) is 63.5 cm³/mol. The Hall–Kier alpha value is -1.07. The minimum Gasteiger partial charge on any atom is -0.379 e. The maximum atomic E-state index is 5.98. The molecule has 1 heterocycles. The average Bonchev–Trinajstić information content (AvgIpc) is 2.71. The molecule has 0 aliphatic heterocycles. The lowest BCUT2D eigenvalue weighted by molar-refractivity contribution is 0.101. The standard InChI is InChI=1S/C10H15ClN4O/c1-16-8-4-2-3-7(8)14-9-6(11)5-13-10(12)15-9/h5,7-8H,2-4H2,1H3,(H3,12,13,14,15). The second-order valence-electron chi connectivity index (χ2n) is 3.88. The van der Waals surface area contributed by atoms with Gasteiger partial charge in [0, 0.05) is 7.11 Å². The Morgan fingerprint density at radius 3 is 3.12 bits per heavy atom. The average molecular weight is 243 g/mol. The van der Waals surface area contributed by atoms with Gasteiger partial charge in [0.05, 0.1) is 18.3 Å². The molecule has 1 aliphatic carbocycles. The lowest BCUT2D eigenvalue weighted by Crippen LogP contribution is -2.30. The lowest BCUT2D eigenvalue weighted by atomic mass is 10.2. The first-order valence-corrected chi connectivity index (χ1v) is 5.66. The Kier molecular flexibility index (Phi) is 3.46. The fraction of sp³-hybridized carbons (Fsp3) is 0.600. The van der Waals surface area contributed by atoms with E-state index < -0.39 is 0 Å². The number of rotatable bonds is 3. The second-order valence-corrected chi connectivity index (χ2v) is 4.29. The Bertz CT molecular complexity index is 374. The van der Waals surface area contributed by atoms with Gasteiger partial charge in [0.2, 0.25) is 5.95 Å². The SMILES string of the molecule is COC1CCCC1Nc1nc(N)ncc1Cl. The molecule has 16 heavy (non-hydrogen) atoms. The van der Waals surface area contributed by atoms with Crippen molar-refractivity contribution in [3.63, 3.8) is 0 Å². The summed E-state index contributed by atoms with van der Waals surface area (Å²) in [6.07, 6.45) is 4.98. The van der Waals surface area contributed by atoms with E-state index in [-0.39, 0.29) is 18.1 Å². The fourth-order valence-electron chi connectivity index (χ4n) is 2.03. The van der Waals surface area contributed by atoms with Gasteiger partial charge in [-0.05, 0) is 19.3 Å². The van der Waals surface area contributed by atoms with E-state index in [0.29, 0.717) is 10.8 Å².